The van der Waals surface area contributed by atoms with E-state index in [0.717, 1.165) is 23.5 Å². The molecule has 2 rings (SSSR count). The van der Waals surface area contributed by atoms with Gasteiger partial charge in [-0.25, -0.2) is 0 Å². The maximum atomic E-state index is 5.39. The van der Waals surface area contributed by atoms with Crippen molar-refractivity contribution in [1.82, 2.24) is 0 Å². The van der Waals surface area contributed by atoms with Crippen molar-refractivity contribution < 1.29 is 9.47 Å². The van der Waals surface area contributed by atoms with Gasteiger partial charge >= 0.3 is 0 Å². The first-order valence-corrected chi connectivity index (χ1v) is 5.99. The van der Waals surface area contributed by atoms with Crippen LogP contribution in [0.5, 0.6) is 11.5 Å². The summed E-state index contributed by atoms with van der Waals surface area (Å²) in [5.74, 6) is 1.76. The van der Waals surface area contributed by atoms with Gasteiger partial charge in [-0.1, -0.05) is 29.8 Å². The van der Waals surface area contributed by atoms with Gasteiger partial charge in [0, 0.05) is 12.0 Å². The Bertz CT molecular complexity index is 515. The Morgan fingerprint density at radius 1 is 0.889 bits per heavy atom. The molecule has 0 aliphatic heterocycles. The molecule has 0 aliphatic rings. The van der Waals surface area contributed by atoms with Crippen LogP contribution in [0.3, 0.4) is 0 Å². The molecule has 0 unspecified atom stereocenters. The summed E-state index contributed by atoms with van der Waals surface area (Å²) >= 11 is 0. The highest BCUT2D eigenvalue weighted by molar-refractivity contribution is 5.43. The molecule has 18 heavy (non-hydrogen) atoms. The highest BCUT2D eigenvalue weighted by Gasteiger charge is 2.06. The lowest BCUT2D eigenvalue weighted by Crippen LogP contribution is -1.95. The topological polar surface area (TPSA) is 18.5 Å². The molecule has 0 radical (unpaired) electrons. The van der Waals surface area contributed by atoms with Crippen LogP contribution in [-0.2, 0) is 6.42 Å². The van der Waals surface area contributed by atoms with E-state index in [-0.39, 0.29) is 0 Å². The van der Waals surface area contributed by atoms with Gasteiger partial charge in [-0.2, -0.15) is 0 Å². The molecule has 0 amide bonds. The minimum absolute atomic E-state index is 0.848. The van der Waals surface area contributed by atoms with Gasteiger partial charge in [0.2, 0.25) is 0 Å². The summed E-state index contributed by atoms with van der Waals surface area (Å²) in [6.45, 7) is 2.09. The second-order valence-corrected chi connectivity index (χ2v) is 4.34. The zero-order valence-electron chi connectivity index (χ0n) is 11.1. The Kier molecular flexibility index (Phi) is 3.88. The average molecular weight is 242 g/mol. The van der Waals surface area contributed by atoms with E-state index in [0.29, 0.717) is 0 Å². The normalized spacial score (nSPS) is 10.2. The maximum Gasteiger partial charge on any atom is 0.122 e. The Balaban J connectivity index is 2.29. The summed E-state index contributed by atoms with van der Waals surface area (Å²) in [5.41, 5.74) is 3.68. The van der Waals surface area contributed by atoms with Gasteiger partial charge in [0.05, 0.1) is 14.2 Å². The fourth-order valence-corrected chi connectivity index (χ4v) is 1.95. The number of methoxy groups -OCH3 is 2. The lowest BCUT2D eigenvalue weighted by Gasteiger charge is -2.10. The number of hydrogen-bond donors (Lipinski definition) is 0. The minimum Gasteiger partial charge on any atom is -0.497 e. The van der Waals surface area contributed by atoms with E-state index >= 15 is 0 Å². The highest BCUT2D eigenvalue weighted by Crippen LogP contribution is 2.26. The largest absolute Gasteiger partial charge is 0.497 e. The first kappa shape index (κ1) is 12.5. The van der Waals surface area contributed by atoms with Crippen LogP contribution < -0.4 is 9.47 Å². The molecular formula is C16H18O2. The van der Waals surface area contributed by atoms with Crippen LogP contribution in [0, 0.1) is 6.92 Å². The number of hydrogen-bond acceptors (Lipinski definition) is 2. The fourth-order valence-electron chi connectivity index (χ4n) is 1.95. The van der Waals surface area contributed by atoms with Crippen molar-refractivity contribution in [2.45, 2.75) is 13.3 Å². The van der Waals surface area contributed by atoms with Crippen LogP contribution in [0.4, 0.5) is 0 Å². The lowest BCUT2D eigenvalue weighted by molar-refractivity contribution is 0.399. The van der Waals surface area contributed by atoms with E-state index in [1.54, 1.807) is 14.2 Å². The summed E-state index contributed by atoms with van der Waals surface area (Å²) in [6.07, 6.45) is 0.848. The molecule has 2 aromatic rings. The first-order valence-electron chi connectivity index (χ1n) is 5.99. The van der Waals surface area contributed by atoms with Crippen LogP contribution in [0.15, 0.2) is 42.5 Å². The third-order valence-corrected chi connectivity index (χ3v) is 3.00. The molecule has 0 heterocycles. The molecule has 0 saturated heterocycles. The van der Waals surface area contributed by atoms with Crippen LogP contribution in [-0.4, -0.2) is 14.2 Å². The predicted octanol–water partition coefficient (Wildman–Crippen LogP) is 3.60. The Labute approximate surface area is 108 Å². The molecule has 2 nitrogen and oxygen atoms in total. The zero-order valence-corrected chi connectivity index (χ0v) is 11.1. The van der Waals surface area contributed by atoms with Crippen LogP contribution in [0.25, 0.3) is 0 Å². The summed E-state index contributed by atoms with van der Waals surface area (Å²) in [5, 5.41) is 0. The molecule has 2 heteroatoms. The van der Waals surface area contributed by atoms with Gasteiger partial charge in [-0.3, -0.25) is 0 Å². The van der Waals surface area contributed by atoms with Crippen molar-refractivity contribution >= 4 is 0 Å². The molecule has 0 fully saturated rings. The van der Waals surface area contributed by atoms with Crippen LogP contribution >= 0.6 is 0 Å². The highest BCUT2D eigenvalue weighted by atomic mass is 16.5. The molecule has 0 atom stereocenters. The number of rotatable bonds is 4. The number of benzene rings is 2. The van der Waals surface area contributed by atoms with E-state index in [4.69, 9.17) is 9.47 Å². The predicted molar refractivity (Wildman–Crippen MR) is 73.5 cm³/mol. The van der Waals surface area contributed by atoms with Gasteiger partial charge in [0.15, 0.2) is 0 Å². The molecule has 0 aromatic heterocycles. The third kappa shape index (κ3) is 2.83. The molecule has 0 bridgehead atoms. The quantitative estimate of drug-likeness (QED) is 0.815. The summed E-state index contributed by atoms with van der Waals surface area (Å²) in [7, 11) is 3.37. The molecule has 94 valence electrons. The van der Waals surface area contributed by atoms with Gasteiger partial charge in [-0.15, -0.1) is 0 Å². The summed E-state index contributed by atoms with van der Waals surface area (Å²) in [4.78, 5) is 0. The molecule has 0 saturated carbocycles. The van der Waals surface area contributed by atoms with E-state index in [1.807, 2.05) is 18.2 Å². The van der Waals surface area contributed by atoms with Crippen molar-refractivity contribution in [3.63, 3.8) is 0 Å². The van der Waals surface area contributed by atoms with E-state index < -0.39 is 0 Å². The van der Waals surface area contributed by atoms with Crippen molar-refractivity contribution in [1.29, 1.82) is 0 Å². The lowest BCUT2D eigenvalue weighted by atomic mass is 10.0. The fraction of sp³-hybridized carbons (Fsp3) is 0.250. The van der Waals surface area contributed by atoms with Crippen LogP contribution in [0.1, 0.15) is 16.7 Å². The minimum atomic E-state index is 0.848. The van der Waals surface area contributed by atoms with E-state index in [2.05, 4.69) is 31.2 Å². The summed E-state index contributed by atoms with van der Waals surface area (Å²) in [6, 6.07) is 14.4. The van der Waals surface area contributed by atoms with Crippen molar-refractivity contribution in [3.8, 4) is 11.5 Å². The van der Waals surface area contributed by atoms with Crippen molar-refractivity contribution in [3.05, 3.63) is 59.2 Å². The summed E-state index contributed by atoms with van der Waals surface area (Å²) < 4.78 is 10.6. The maximum absolute atomic E-state index is 5.39. The van der Waals surface area contributed by atoms with Crippen molar-refractivity contribution in [2.24, 2.45) is 0 Å². The van der Waals surface area contributed by atoms with Crippen LogP contribution in [0.2, 0.25) is 0 Å². The molecule has 0 N–H and O–H groups in total. The van der Waals surface area contributed by atoms with Gasteiger partial charge in [-0.05, 0) is 30.7 Å². The standard InChI is InChI=1S/C16H18O2/c1-12-4-6-13(7-5-12)10-14-11-15(17-2)8-9-16(14)18-3/h4-9,11H,10H2,1-3H3. The number of ether oxygens (including phenoxy) is 2. The van der Waals surface area contributed by atoms with Crippen molar-refractivity contribution in [2.75, 3.05) is 14.2 Å². The molecule has 2 aromatic carbocycles. The monoisotopic (exact) mass is 242 g/mol. The SMILES string of the molecule is COc1ccc(OC)c(Cc2ccc(C)cc2)c1. The van der Waals surface area contributed by atoms with Gasteiger partial charge < -0.3 is 9.47 Å². The molecule has 0 spiro atoms. The van der Waals surface area contributed by atoms with Gasteiger partial charge in [0.1, 0.15) is 11.5 Å². The number of aryl methyl sites for hydroxylation is 1. The molecular weight excluding hydrogens is 224 g/mol. The first-order chi connectivity index (χ1) is 8.72. The van der Waals surface area contributed by atoms with Gasteiger partial charge in [0.25, 0.3) is 0 Å². The average Bonchev–Trinajstić information content (AvgIpc) is 2.41. The zero-order chi connectivity index (χ0) is 13.0. The smallest absolute Gasteiger partial charge is 0.122 e. The van der Waals surface area contributed by atoms with E-state index in [9.17, 15) is 0 Å². The second kappa shape index (κ2) is 5.58. The third-order valence-electron chi connectivity index (χ3n) is 3.00. The Morgan fingerprint density at radius 3 is 2.22 bits per heavy atom. The Morgan fingerprint density at radius 2 is 1.61 bits per heavy atom. The molecule has 0 aliphatic carbocycles. The Hall–Kier alpha value is -1.96. The van der Waals surface area contributed by atoms with E-state index in [1.165, 1.54) is 11.1 Å². The second-order valence-electron chi connectivity index (χ2n) is 4.34.